The van der Waals surface area contributed by atoms with E-state index in [1.165, 1.54) is 0 Å². The fourth-order valence-corrected chi connectivity index (χ4v) is 1.14. The lowest BCUT2D eigenvalue weighted by Gasteiger charge is -2.03. The van der Waals surface area contributed by atoms with Gasteiger partial charge in [0.25, 0.3) is 0 Å². The maximum absolute atomic E-state index is 8.77. The SMILES string of the molecule is Nc1cccc(N)c1PO. The fraction of sp³-hybridized carbons (Fsp3) is 0. The van der Waals surface area contributed by atoms with E-state index in [0.29, 0.717) is 16.7 Å². The molecule has 0 aliphatic rings. The second kappa shape index (κ2) is 2.86. The van der Waals surface area contributed by atoms with Crippen molar-refractivity contribution in [2.24, 2.45) is 0 Å². The van der Waals surface area contributed by atoms with Crippen LogP contribution in [0.2, 0.25) is 0 Å². The predicted molar refractivity (Wildman–Crippen MR) is 45.4 cm³/mol. The van der Waals surface area contributed by atoms with Gasteiger partial charge in [-0.05, 0) is 12.1 Å². The zero-order valence-corrected chi connectivity index (χ0v) is 6.33. The van der Waals surface area contributed by atoms with Crippen LogP contribution >= 0.6 is 8.81 Å². The topological polar surface area (TPSA) is 72.3 Å². The van der Waals surface area contributed by atoms with Crippen LogP contribution in [0.25, 0.3) is 0 Å². The Hall–Kier alpha value is -0.790. The molecule has 0 spiro atoms. The smallest absolute Gasteiger partial charge is 0.0462 e. The third-order valence-electron chi connectivity index (χ3n) is 1.24. The highest BCUT2D eigenvalue weighted by Crippen LogP contribution is 2.15. The van der Waals surface area contributed by atoms with Gasteiger partial charge in [-0.1, -0.05) is 6.07 Å². The summed E-state index contributed by atoms with van der Waals surface area (Å²) in [6, 6.07) is 5.19. The largest absolute Gasteiger partial charge is 0.398 e. The molecule has 5 N–H and O–H groups in total. The van der Waals surface area contributed by atoms with Crippen molar-refractivity contribution in [3.05, 3.63) is 18.2 Å². The Bertz CT molecular complexity index is 219. The summed E-state index contributed by atoms with van der Waals surface area (Å²) in [7, 11) is -0.322. The Kier molecular flexibility index (Phi) is 2.10. The van der Waals surface area contributed by atoms with Crippen molar-refractivity contribution < 1.29 is 4.89 Å². The number of nitrogen functional groups attached to an aromatic ring is 2. The zero-order valence-electron chi connectivity index (χ0n) is 5.33. The lowest BCUT2D eigenvalue weighted by Crippen LogP contribution is -2.08. The van der Waals surface area contributed by atoms with Gasteiger partial charge in [0.15, 0.2) is 0 Å². The van der Waals surface area contributed by atoms with Gasteiger partial charge >= 0.3 is 0 Å². The number of hydrogen-bond donors (Lipinski definition) is 3. The van der Waals surface area contributed by atoms with Gasteiger partial charge < -0.3 is 16.4 Å². The van der Waals surface area contributed by atoms with Crippen LogP contribution in [0, 0.1) is 0 Å². The molecule has 54 valence electrons. The van der Waals surface area contributed by atoms with E-state index in [9.17, 15) is 0 Å². The number of hydrogen-bond acceptors (Lipinski definition) is 3. The van der Waals surface area contributed by atoms with E-state index in [-0.39, 0.29) is 8.81 Å². The molecule has 0 radical (unpaired) electrons. The van der Waals surface area contributed by atoms with Crippen molar-refractivity contribution >= 4 is 25.5 Å². The maximum atomic E-state index is 8.77. The number of anilines is 2. The Morgan fingerprint density at radius 2 is 1.70 bits per heavy atom. The summed E-state index contributed by atoms with van der Waals surface area (Å²) in [5, 5.41) is 0.641. The zero-order chi connectivity index (χ0) is 7.56. The van der Waals surface area contributed by atoms with E-state index >= 15 is 0 Å². The molecule has 0 amide bonds. The van der Waals surface area contributed by atoms with Crippen LogP contribution in [-0.4, -0.2) is 4.89 Å². The molecule has 1 aromatic rings. The van der Waals surface area contributed by atoms with Gasteiger partial charge in [-0.3, -0.25) is 0 Å². The van der Waals surface area contributed by atoms with E-state index < -0.39 is 0 Å². The highest BCUT2D eigenvalue weighted by atomic mass is 31.1. The third kappa shape index (κ3) is 1.20. The Balaban J connectivity index is 3.17. The molecule has 0 saturated carbocycles. The van der Waals surface area contributed by atoms with Crippen molar-refractivity contribution in [3.63, 3.8) is 0 Å². The molecule has 1 aromatic carbocycles. The average molecular weight is 156 g/mol. The molecule has 0 aliphatic heterocycles. The van der Waals surface area contributed by atoms with Crippen molar-refractivity contribution in [2.75, 3.05) is 11.5 Å². The van der Waals surface area contributed by atoms with Crippen molar-refractivity contribution in [3.8, 4) is 0 Å². The molecular formula is C6H9N2OP. The molecule has 0 bridgehead atoms. The van der Waals surface area contributed by atoms with Crippen molar-refractivity contribution in [1.29, 1.82) is 0 Å². The molecule has 1 rings (SSSR count). The second-order valence-electron chi connectivity index (χ2n) is 1.92. The molecule has 0 fully saturated rings. The Labute approximate surface area is 60.9 Å². The van der Waals surface area contributed by atoms with Gasteiger partial charge in [-0.15, -0.1) is 0 Å². The first-order chi connectivity index (χ1) is 4.75. The molecule has 4 heteroatoms. The minimum atomic E-state index is -0.322. The molecule has 1 unspecified atom stereocenters. The highest BCUT2D eigenvalue weighted by molar-refractivity contribution is 7.41. The third-order valence-corrected chi connectivity index (χ3v) is 2.04. The molecule has 3 nitrogen and oxygen atoms in total. The molecular weight excluding hydrogens is 147 g/mol. The van der Waals surface area contributed by atoms with Crippen molar-refractivity contribution in [1.82, 2.24) is 0 Å². The number of rotatable bonds is 1. The first-order valence-corrected chi connectivity index (χ1v) is 3.74. The summed E-state index contributed by atoms with van der Waals surface area (Å²) in [6.45, 7) is 0. The number of nitrogens with two attached hydrogens (primary N) is 2. The summed E-state index contributed by atoms with van der Waals surface area (Å²) in [4.78, 5) is 8.77. The van der Waals surface area contributed by atoms with Crippen LogP contribution in [0.4, 0.5) is 11.4 Å². The van der Waals surface area contributed by atoms with E-state index in [4.69, 9.17) is 16.4 Å². The van der Waals surface area contributed by atoms with E-state index in [1.807, 2.05) is 0 Å². The summed E-state index contributed by atoms with van der Waals surface area (Å²) in [6.07, 6.45) is 0. The summed E-state index contributed by atoms with van der Waals surface area (Å²) in [5.41, 5.74) is 12.1. The van der Waals surface area contributed by atoms with Crippen LogP contribution in [0.5, 0.6) is 0 Å². The lowest BCUT2D eigenvalue weighted by molar-refractivity contribution is 0.655. The lowest BCUT2D eigenvalue weighted by atomic mass is 10.3. The summed E-state index contributed by atoms with van der Waals surface area (Å²) >= 11 is 0. The first-order valence-electron chi connectivity index (χ1n) is 2.79. The molecule has 0 aliphatic carbocycles. The fourth-order valence-electron chi connectivity index (χ4n) is 0.718. The number of benzene rings is 1. The van der Waals surface area contributed by atoms with Crippen LogP contribution in [-0.2, 0) is 0 Å². The minimum Gasteiger partial charge on any atom is -0.398 e. The summed E-state index contributed by atoms with van der Waals surface area (Å²) in [5.74, 6) is 0. The maximum Gasteiger partial charge on any atom is 0.0462 e. The van der Waals surface area contributed by atoms with Crippen LogP contribution in [0.1, 0.15) is 0 Å². The average Bonchev–Trinajstić information content (AvgIpc) is 1.88. The summed E-state index contributed by atoms with van der Waals surface area (Å²) < 4.78 is 0. The van der Waals surface area contributed by atoms with E-state index in [0.717, 1.165) is 0 Å². The predicted octanol–water partition coefficient (Wildman–Crippen LogP) is 0.0621. The van der Waals surface area contributed by atoms with E-state index in [2.05, 4.69) is 0 Å². The van der Waals surface area contributed by atoms with Gasteiger partial charge in [-0.2, -0.15) is 0 Å². The standard InChI is InChI=1S/C6H9N2OP/c7-4-2-1-3-5(8)6(4)10-9/h1-3,9-10H,7-8H2. The second-order valence-corrected chi connectivity index (χ2v) is 2.65. The molecule has 10 heavy (non-hydrogen) atoms. The monoisotopic (exact) mass is 156 g/mol. The normalized spacial score (nSPS) is 10.9. The van der Waals surface area contributed by atoms with Crippen LogP contribution < -0.4 is 16.8 Å². The van der Waals surface area contributed by atoms with Crippen LogP contribution in [0.15, 0.2) is 18.2 Å². The van der Waals surface area contributed by atoms with Gasteiger partial charge in [-0.25, -0.2) is 0 Å². The molecule has 0 aromatic heterocycles. The minimum absolute atomic E-state index is 0.322. The Morgan fingerprint density at radius 3 is 2.00 bits per heavy atom. The van der Waals surface area contributed by atoms with E-state index in [1.54, 1.807) is 18.2 Å². The van der Waals surface area contributed by atoms with Crippen LogP contribution in [0.3, 0.4) is 0 Å². The highest BCUT2D eigenvalue weighted by Gasteiger charge is 1.99. The van der Waals surface area contributed by atoms with Gasteiger partial charge in [0.2, 0.25) is 0 Å². The van der Waals surface area contributed by atoms with Gasteiger partial charge in [0.05, 0.1) is 0 Å². The molecule has 0 saturated heterocycles. The molecule has 1 atom stereocenters. The quantitative estimate of drug-likeness (QED) is 0.397. The first kappa shape index (κ1) is 7.32. The van der Waals surface area contributed by atoms with Gasteiger partial charge in [0, 0.05) is 25.5 Å². The van der Waals surface area contributed by atoms with Gasteiger partial charge in [0.1, 0.15) is 0 Å². The molecule has 0 heterocycles. The Morgan fingerprint density at radius 1 is 1.20 bits per heavy atom. The van der Waals surface area contributed by atoms with Crippen molar-refractivity contribution in [2.45, 2.75) is 0 Å².